The zero-order valence-electron chi connectivity index (χ0n) is 20.5. The van der Waals surface area contributed by atoms with E-state index in [2.05, 4.69) is 47.2 Å². The highest BCUT2D eigenvalue weighted by Crippen LogP contribution is 2.23. The molecule has 0 saturated carbocycles. The number of methoxy groups -OCH3 is 1. The minimum absolute atomic E-state index is 0.257. The molecule has 0 amide bonds. The van der Waals surface area contributed by atoms with Crippen LogP contribution in [0.3, 0.4) is 0 Å². The van der Waals surface area contributed by atoms with E-state index in [1.165, 1.54) is 16.8 Å². The number of piperazine rings is 1. The SMILES string of the molecule is COc1cccc(CN=C(Nc2ccc(C(=O)O)cc2)N2CCN(c3cc(C)ccc3C)CC2)c1. The first-order valence-electron chi connectivity index (χ1n) is 11.8. The summed E-state index contributed by atoms with van der Waals surface area (Å²) >= 11 is 0. The van der Waals surface area contributed by atoms with Gasteiger partial charge in [0.25, 0.3) is 0 Å². The molecule has 7 heteroatoms. The fourth-order valence-electron chi connectivity index (χ4n) is 4.20. The van der Waals surface area contributed by atoms with Crippen LogP contribution >= 0.6 is 0 Å². The summed E-state index contributed by atoms with van der Waals surface area (Å²) in [7, 11) is 1.66. The van der Waals surface area contributed by atoms with E-state index >= 15 is 0 Å². The molecule has 3 aromatic carbocycles. The van der Waals surface area contributed by atoms with Crippen LogP contribution in [0.4, 0.5) is 11.4 Å². The molecule has 35 heavy (non-hydrogen) atoms. The van der Waals surface area contributed by atoms with Crippen LogP contribution in [0.2, 0.25) is 0 Å². The number of carboxylic acids is 1. The Morgan fingerprint density at radius 2 is 1.74 bits per heavy atom. The highest BCUT2D eigenvalue weighted by Gasteiger charge is 2.21. The standard InChI is InChI=1S/C28H32N4O3/c1-20-7-8-21(2)26(17-20)31-13-15-32(16-14-31)28(29-19-22-5-4-6-25(18-22)35-3)30-24-11-9-23(10-12-24)27(33)34/h4-12,17-18H,13-16,19H2,1-3H3,(H,29,30)(H,33,34). The number of carbonyl (C=O) groups is 1. The number of guanidine groups is 1. The molecule has 1 aliphatic rings. The van der Waals surface area contributed by atoms with Crippen LogP contribution in [-0.4, -0.2) is 55.2 Å². The number of nitrogens with one attached hydrogen (secondary N) is 1. The number of carboxylic acid groups (broad SMARTS) is 1. The summed E-state index contributed by atoms with van der Waals surface area (Å²) in [5, 5.41) is 12.6. The van der Waals surface area contributed by atoms with E-state index in [1.807, 2.05) is 24.3 Å². The number of aryl methyl sites for hydroxylation is 2. The minimum Gasteiger partial charge on any atom is -0.497 e. The minimum atomic E-state index is -0.939. The fraction of sp³-hybridized carbons (Fsp3) is 0.286. The predicted octanol–water partition coefficient (Wildman–Crippen LogP) is 4.80. The van der Waals surface area contributed by atoms with Gasteiger partial charge >= 0.3 is 5.97 Å². The second-order valence-electron chi connectivity index (χ2n) is 8.76. The molecule has 2 N–H and O–H groups in total. The van der Waals surface area contributed by atoms with Crippen molar-refractivity contribution in [3.63, 3.8) is 0 Å². The smallest absolute Gasteiger partial charge is 0.335 e. The number of anilines is 2. The highest BCUT2D eigenvalue weighted by atomic mass is 16.5. The van der Waals surface area contributed by atoms with Gasteiger partial charge in [-0.15, -0.1) is 0 Å². The molecule has 0 aliphatic carbocycles. The van der Waals surface area contributed by atoms with Gasteiger partial charge in [0.2, 0.25) is 0 Å². The lowest BCUT2D eigenvalue weighted by atomic mass is 10.1. The Bertz CT molecular complexity index is 1200. The molecule has 3 aromatic rings. The first kappa shape index (κ1) is 24.1. The van der Waals surface area contributed by atoms with Crippen molar-refractivity contribution < 1.29 is 14.6 Å². The summed E-state index contributed by atoms with van der Waals surface area (Å²) in [6.07, 6.45) is 0. The van der Waals surface area contributed by atoms with E-state index in [0.29, 0.717) is 6.54 Å². The molecule has 182 valence electrons. The van der Waals surface area contributed by atoms with Gasteiger partial charge in [-0.1, -0.05) is 24.3 Å². The van der Waals surface area contributed by atoms with Crippen molar-refractivity contribution in [2.45, 2.75) is 20.4 Å². The zero-order valence-corrected chi connectivity index (χ0v) is 20.5. The maximum atomic E-state index is 11.2. The Labute approximate surface area is 206 Å². The third kappa shape index (κ3) is 6.12. The van der Waals surface area contributed by atoms with E-state index in [4.69, 9.17) is 9.73 Å². The van der Waals surface area contributed by atoms with E-state index in [1.54, 1.807) is 31.4 Å². The quantitative estimate of drug-likeness (QED) is 0.396. The normalized spacial score (nSPS) is 14.1. The number of nitrogens with zero attached hydrogens (tertiary/aromatic N) is 3. The number of benzene rings is 3. The first-order valence-corrected chi connectivity index (χ1v) is 11.8. The van der Waals surface area contributed by atoms with Crippen LogP contribution in [0.5, 0.6) is 5.75 Å². The Balaban J connectivity index is 1.52. The number of rotatable bonds is 6. The Morgan fingerprint density at radius 3 is 2.43 bits per heavy atom. The van der Waals surface area contributed by atoms with E-state index in [9.17, 15) is 9.90 Å². The van der Waals surface area contributed by atoms with Gasteiger partial charge in [0.05, 0.1) is 19.2 Å². The van der Waals surface area contributed by atoms with Crippen molar-refractivity contribution in [3.8, 4) is 5.75 Å². The fourth-order valence-corrected chi connectivity index (χ4v) is 4.20. The molecule has 7 nitrogen and oxygen atoms in total. The molecular formula is C28H32N4O3. The maximum Gasteiger partial charge on any atom is 0.335 e. The summed E-state index contributed by atoms with van der Waals surface area (Å²) in [5.74, 6) is 0.640. The molecule has 1 fully saturated rings. The van der Waals surface area contributed by atoms with Crippen molar-refractivity contribution in [1.82, 2.24) is 4.90 Å². The van der Waals surface area contributed by atoms with Crippen LogP contribution in [-0.2, 0) is 6.54 Å². The van der Waals surface area contributed by atoms with Gasteiger partial charge in [0.15, 0.2) is 5.96 Å². The number of hydrogen-bond donors (Lipinski definition) is 2. The van der Waals surface area contributed by atoms with Gasteiger partial charge in [-0.2, -0.15) is 0 Å². The van der Waals surface area contributed by atoms with Crippen LogP contribution in [0, 0.1) is 13.8 Å². The lowest BCUT2D eigenvalue weighted by Gasteiger charge is -2.38. The Kier molecular flexibility index (Phi) is 7.55. The van der Waals surface area contributed by atoms with E-state index < -0.39 is 5.97 Å². The molecular weight excluding hydrogens is 440 g/mol. The van der Waals surface area contributed by atoms with Gasteiger partial charge in [0, 0.05) is 37.6 Å². The third-order valence-electron chi connectivity index (χ3n) is 6.22. The molecule has 1 saturated heterocycles. The lowest BCUT2D eigenvalue weighted by molar-refractivity contribution is 0.0697. The van der Waals surface area contributed by atoms with Crippen molar-refractivity contribution in [2.75, 3.05) is 43.5 Å². The number of aliphatic imine (C=N–C) groups is 1. The van der Waals surface area contributed by atoms with Crippen molar-refractivity contribution >= 4 is 23.3 Å². The molecule has 0 radical (unpaired) electrons. The summed E-state index contributed by atoms with van der Waals surface area (Å²) in [4.78, 5) is 20.8. The van der Waals surface area contributed by atoms with Gasteiger partial charge in [0.1, 0.15) is 5.75 Å². The summed E-state index contributed by atoms with van der Waals surface area (Å²) in [6, 6.07) is 21.2. The molecule has 1 heterocycles. The maximum absolute atomic E-state index is 11.2. The lowest BCUT2D eigenvalue weighted by Crippen LogP contribution is -2.51. The Hall–Kier alpha value is -4.00. The number of aromatic carboxylic acids is 1. The van der Waals surface area contributed by atoms with Crippen LogP contribution < -0.4 is 15.0 Å². The first-order chi connectivity index (χ1) is 16.9. The monoisotopic (exact) mass is 472 g/mol. The molecule has 0 spiro atoms. The molecule has 0 unspecified atom stereocenters. The van der Waals surface area contributed by atoms with Crippen molar-refractivity contribution in [2.24, 2.45) is 4.99 Å². The topological polar surface area (TPSA) is 77.4 Å². The highest BCUT2D eigenvalue weighted by molar-refractivity contribution is 5.95. The van der Waals surface area contributed by atoms with E-state index in [0.717, 1.165) is 49.1 Å². The molecule has 0 aromatic heterocycles. The molecule has 4 rings (SSSR count). The van der Waals surface area contributed by atoms with Gasteiger partial charge in [-0.05, 0) is 73.0 Å². The summed E-state index contributed by atoms with van der Waals surface area (Å²) in [5.41, 5.74) is 5.95. The van der Waals surface area contributed by atoms with Crippen molar-refractivity contribution in [3.05, 3.63) is 89.0 Å². The zero-order chi connectivity index (χ0) is 24.8. The number of hydrogen-bond acceptors (Lipinski definition) is 4. The van der Waals surface area contributed by atoms with Crippen LogP contribution in [0.1, 0.15) is 27.0 Å². The van der Waals surface area contributed by atoms with Gasteiger partial charge in [-0.25, -0.2) is 9.79 Å². The summed E-state index contributed by atoms with van der Waals surface area (Å²) < 4.78 is 5.35. The molecule has 1 aliphatic heterocycles. The van der Waals surface area contributed by atoms with Gasteiger partial charge < -0.3 is 25.0 Å². The molecule has 0 bridgehead atoms. The molecule has 0 atom stereocenters. The number of ether oxygens (including phenoxy) is 1. The average molecular weight is 473 g/mol. The van der Waals surface area contributed by atoms with Gasteiger partial charge in [-0.3, -0.25) is 0 Å². The summed E-state index contributed by atoms with van der Waals surface area (Å²) in [6.45, 7) is 8.22. The van der Waals surface area contributed by atoms with Crippen LogP contribution in [0.25, 0.3) is 0 Å². The third-order valence-corrected chi connectivity index (χ3v) is 6.22. The van der Waals surface area contributed by atoms with Crippen LogP contribution in [0.15, 0.2) is 71.7 Å². The van der Waals surface area contributed by atoms with Crippen molar-refractivity contribution in [1.29, 1.82) is 0 Å². The van der Waals surface area contributed by atoms with E-state index in [-0.39, 0.29) is 5.56 Å². The average Bonchev–Trinajstić information content (AvgIpc) is 2.88. The second-order valence-corrected chi connectivity index (χ2v) is 8.76. The Morgan fingerprint density at radius 1 is 1.00 bits per heavy atom. The largest absolute Gasteiger partial charge is 0.497 e. The second kappa shape index (κ2) is 11.0. The predicted molar refractivity (Wildman–Crippen MR) is 141 cm³/mol.